The lowest BCUT2D eigenvalue weighted by Crippen LogP contribution is -2.20. The maximum Gasteiger partial charge on any atom is 0.183 e. The summed E-state index contributed by atoms with van der Waals surface area (Å²) in [7, 11) is 0. The predicted octanol–water partition coefficient (Wildman–Crippen LogP) is 5.65. The molecule has 6 rings (SSSR count). The molecule has 6 nitrogen and oxygen atoms in total. The van der Waals surface area contributed by atoms with Crippen molar-refractivity contribution in [2.45, 2.75) is 32.2 Å². The van der Waals surface area contributed by atoms with E-state index in [0.717, 1.165) is 58.5 Å². The van der Waals surface area contributed by atoms with Crippen LogP contribution in [0.1, 0.15) is 35.7 Å². The van der Waals surface area contributed by atoms with Crippen LogP contribution in [-0.2, 0) is 6.42 Å². The third-order valence-electron chi connectivity index (χ3n) is 6.24. The molecule has 0 fully saturated rings. The number of aryl methyl sites for hydroxylation is 2. The van der Waals surface area contributed by atoms with Gasteiger partial charge in [0.05, 0.1) is 11.7 Å². The smallest absolute Gasteiger partial charge is 0.183 e. The van der Waals surface area contributed by atoms with Gasteiger partial charge < -0.3 is 5.32 Å². The SMILES string of the molecule is Cc1cncc(-c2nc(NC3CCCc4cccnc43)c3c(-c4ccccc4)ccn3n2)c1. The molecule has 0 amide bonds. The zero-order valence-corrected chi connectivity index (χ0v) is 18.4. The van der Waals surface area contributed by atoms with Crippen LogP contribution in [0.4, 0.5) is 5.82 Å². The van der Waals surface area contributed by atoms with E-state index in [-0.39, 0.29) is 6.04 Å². The van der Waals surface area contributed by atoms with Gasteiger partial charge in [-0.3, -0.25) is 9.97 Å². The molecule has 4 aromatic heterocycles. The second kappa shape index (κ2) is 8.13. The van der Waals surface area contributed by atoms with Gasteiger partial charge in [-0.05, 0) is 61.1 Å². The van der Waals surface area contributed by atoms with E-state index in [1.165, 1.54) is 5.56 Å². The molecule has 1 aromatic carbocycles. The minimum absolute atomic E-state index is 0.107. The van der Waals surface area contributed by atoms with Crippen LogP contribution in [0, 0.1) is 6.92 Å². The predicted molar refractivity (Wildman–Crippen MR) is 130 cm³/mol. The Morgan fingerprint density at radius 2 is 1.91 bits per heavy atom. The van der Waals surface area contributed by atoms with Crippen molar-refractivity contribution in [1.82, 2.24) is 24.6 Å². The van der Waals surface area contributed by atoms with Gasteiger partial charge in [-0.1, -0.05) is 36.4 Å². The number of pyridine rings is 2. The van der Waals surface area contributed by atoms with Crippen LogP contribution in [0.3, 0.4) is 0 Å². The molecule has 33 heavy (non-hydrogen) atoms. The van der Waals surface area contributed by atoms with Gasteiger partial charge in [0, 0.05) is 35.9 Å². The van der Waals surface area contributed by atoms with Gasteiger partial charge in [0.15, 0.2) is 11.6 Å². The number of hydrogen-bond acceptors (Lipinski definition) is 5. The van der Waals surface area contributed by atoms with Crippen LogP contribution in [0.25, 0.3) is 28.0 Å². The monoisotopic (exact) mass is 432 g/mol. The van der Waals surface area contributed by atoms with Gasteiger partial charge in [0.1, 0.15) is 5.52 Å². The van der Waals surface area contributed by atoms with E-state index >= 15 is 0 Å². The maximum atomic E-state index is 5.03. The molecule has 1 aliphatic rings. The summed E-state index contributed by atoms with van der Waals surface area (Å²) < 4.78 is 1.93. The largest absolute Gasteiger partial charge is 0.360 e. The van der Waals surface area contributed by atoms with Crippen molar-refractivity contribution in [2.24, 2.45) is 0 Å². The standard InChI is InChI=1S/C27H24N6/c1-18-15-21(17-28-16-18)26-31-27(30-23-11-5-9-20-10-6-13-29-24(20)23)25-22(12-14-33(25)32-26)19-7-3-2-4-8-19/h2-4,6-8,10,12-17,23H,5,9,11H2,1H3,(H,30,31,32). The van der Waals surface area contributed by atoms with Crippen molar-refractivity contribution in [3.63, 3.8) is 0 Å². The van der Waals surface area contributed by atoms with Crippen LogP contribution in [0.2, 0.25) is 0 Å². The third kappa shape index (κ3) is 3.63. The number of nitrogens with zero attached hydrogens (tertiary/aromatic N) is 5. The van der Waals surface area contributed by atoms with E-state index in [4.69, 9.17) is 15.1 Å². The molecule has 0 radical (unpaired) electrons. The van der Waals surface area contributed by atoms with Gasteiger partial charge in [-0.2, -0.15) is 0 Å². The normalized spacial score (nSPS) is 15.4. The summed E-state index contributed by atoms with van der Waals surface area (Å²) in [5, 5.41) is 8.59. The summed E-state index contributed by atoms with van der Waals surface area (Å²) in [5.41, 5.74) is 7.61. The number of aromatic nitrogens is 5. The first-order valence-electron chi connectivity index (χ1n) is 11.3. The number of anilines is 1. The molecule has 162 valence electrons. The quantitative estimate of drug-likeness (QED) is 0.397. The lowest BCUT2D eigenvalue weighted by atomic mass is 9.92. The van der Waals surface area contributed by atoms with Gasteiger partial charge >= 0.3 is 0 Å². The first-order chi connectivity index (χ1) is 16.3. The van der Waals surface area contributed by atoms with E-state index in [1.54, 1.807) is 0 Å². The van der Waals surface area contributed by atoms with E-state index in [9.17, 15) is 0 Å². The molecule has 4 heterocycles. The molecule has 0 spiro atoms. The molecule has 1 aliphatic carbocycles. The number of rotatable bonds is 4. The van der Waals surface area contributed by atoms with Crippen molar-refractivity contribution >= 4 is 11.3 Å². The van der Waals surface area contributed by atoms with Crippen molar-refractivity contribution < 1.29 is 0 Å². The molecular weight excluding hydrogens is 408 g/mol. The molecule has 0 aliphatic heterocycles. The Morgan fingerprint density at radius 1 is 1.00 bits per heavy atom. The number of hydrogen-bond donors (Lipinski definition) is 1. The highest BCUT2D eigenvalue weighted by Gasteiger charge is 2.24. The van der Waals surface area contributed by atoms with Crippen LogP contribution in [0.5, 0.6) is 0 Å². The van der Waals surface area contributed by atoms with E-state index < -0.39 is 0 Å². The van der Waals surface area contributed by atoms with Crippen LogP contribution in [0.15, 0.2) is 79.4 Å². The highest BCUT2D eigenvalue weighted by atomic mass is 15.3. The van der Waals surface area contributed by atoms with Gasteiger partial charge in [-0.15, -0.1) is 5.10 Å². The summed E-state index contributed by atoms with van der Waals surface area (Å²) in [6.07, 6.45) is 10.8. The maximum absolute atomic E-state index is 5.03. The molecule has 1 unspecified atom stereocenters. The van der Waals surface area contributed by atoms with E-state index in [2.05, 4.69) is 52.8 Å². The summed E-state index contributed by atoms with van der Waals surface area (Å²) in [6, 6.07) is 18.9. The molecule has 6 heteroatoms. The molecule has 5 aromatic rings. The van der Waals surface area contributed by atoms with Crippen molar-refractivity contribution in [3.05, 3.63) is 96.2 Å². The molecule has 1 N–H and O–H groups in total. The van der Waals surface area contributed by atoms with Gasteiger partial charge in [0.2, 0.25) is 0 Å². The Kier molecular flexibility index (Phi) is 4.83. The lowest BCUT2D eigenvalue weighted by Gasteiger charge is -2.26. The summed E-state index contributed by atoms with van der Waals surface area (Å²) in [5.74, 6) is 1.46. The first-order valence-corrected chi connectivity index (χ1v) is 11.3. The van der Waals surface area contributed by atoms with Gasteiger partial charge in [-0.25, -0.2) is 9.50 Å². The summed E-state index contributed by atoms with van der Waals surface area (Å²) >= 11 is 0. The van der Waals surface area contributed by atoms with Gasteiger partial charge in [0.25, 0.3) is 0 Å². The zero-order chi connectivity index (χ0) is 22.2. The van der Waals surface area contributed by atoms with Crippen LogP contribution >= 0.6 is 0 Å². The fraction of sp³-hybridized carbons (Fsp3) is 0.185. The highest BCUT2D eigenvalue weighted by Crippen LogP contribution is 2.35. The average Bonchev–Trinajstić information content (AvgIpc) is 3.29. The summed E-state index contributed by atoms with van der Waals surface area (Å²) in [6.45, 7) is 2.03. The molecule has 1 atom stereocenters. The second-order valence-corrected chi connectivity index (χ2v) is 8.56. The van der Waals surface area contributed by atoms with E-state index in [1.807, 2.05) is 48.4 Å². The van der Waals surface area contributed by atoms with Crippen molar-refractivity contribution in [2.75, 3.05) is 5.32 Å². The van der Waals surface area contributed by atoms with Crippen molar-refractivity contribution in [1.29, 1.82) is 0 Å². The Labute approximate surface area is 192 Å². The fourth-order valence-electron chi connectivity index (χ4n) is 4.69. The Hall–Kier alpha value is -4.06. The number of fused-ring (bicyclic) bond motifs is 2. The fourth-order valence-corrected chi connectivity index (χ4v) is 4.69. The second-order valence-electron chi connectivity index (χ2n) is 8.56. The number of benzene rings is 1. The Bertz CT molecular complexity index is 1440. The summed E-state index contributed by atoms with van der Waals surface area (Å²) in [4.78, 5) is 14.1. The van der Waals surface area contributed by atoms with Crippen LogP contribution < -0.4 is 5.32 Å². The number of nitrogens with one attached hydrogen (secondary N) is 1. The van der Waals surface area contributed by atoms with E-state index in [0.29, 0.717) is 5.82 Å². The lowest BCUT2D eigenvalue weighted by molar-refractivity contribution is 0.581. The molecular formula is C27H24N6. The highest BCUT2D eigenvalue weighted by molar-refractivity contribution is 5.89. The zero-order valence-electron chi connectivity index (χ0n) is 18.4. The minimum Gasteiger partial charge on any atom is -0.360 e. The molecule has 0 saturated carbocycles. The topological polar surface area (TPSA) is 68.0 Å². The average molecular weight is 433 g/mol. The molecule has 0 bridgehead atoms. The Morgan fingerprint density at radius 3 is 2.79 bits per heavy atom. The van der Waals surface area contributed by atoms with Crippen molar-refractivity contribution in [3.8, 4) is 22.5 Å². The Balaban J connectivity index is 1.53. The molecule has 0 saturated heterocycles. The minimum atomic E-state index is 0.107. The first kappa shape index (κ1) is 19.6. The van der Waals surface area contributed by atoms with Crippen LogP contribution in [-0.4, -0.2) is 24.6 Å². The third-order valence-corrected chi connectivity index (χ3v) is 6.24.